The molecule has 0 bridgehead atoms. The quantitative estimate of drug-likeness (QED) is 0.879. The van der Waals surface area contributed by atoms with Crippen molar-refractivity contribution < 1.29 is 9.59 Å². The topological polar surface area (TPSA) is 66.6 Å². The van der Waals surface area contributed by atoms with Gasteiger partial charge in [0.1, 0.15) is 0 Å². The zero-order chi connectivity index (χ0) is 18.7. The average molecular weight is 378 g/mol. The fraction of sp³-hybridized carbons (Fsp3) is 0.600. The summed E-state index contributed by atoms with van der Waals surface area (Å²) in [6.45, 7) is 4.31. The molecule has 5 nitrogen and oxygen atoms in total. The van der Waals surface area contributed by atoms with Gasteiger partial charge in [0.25, 0.3) is 0 Å². The maximum atomic E-state index is 12.9. The molecule has 0 spiro atoms. The summed E-state index contributed by atoms with van der Waals surface area (Å²) in [5.74, 6) is 0.126. The molecule has 2 atom stereocenters. The van der Waals surface area contributed by atoms with Crippen LogP contribution in [0.5, 0.6) is 0 Å². The summed E-state index contributed by atoms with van der Waals surface area (Å²) in [4.78, 5) is 29.2. The number of carbonyl (C=O) groups is 2. The summed E-state index contributed by atoms with van der Waals surface area (Å²) >= 11 is 6.15. The minimum atomic E-state index is -0.410. The van der Waals surface area contributed by atoms with Gasteiger partial charge >= 0.3 is 0 Å². The lowest BCUT2D eigenvalue weighted by atomic mass is 9.74. The Morgan fingerprint density at radius 2 is 1.81 bits per heavy atom. The number of carbonyl (C=O) groups excluding carboxylic acids is 2. The molecule has 1 aliphatic carbocycles. The highest BCUT2D eigenvalue weighted by molar-refractivity contribution is 6.31. The Morgan fingerprint density at radius 3 is 2.46 bits per heavy atom. The molecular formula is C20H28ClN3O2. The molecule has 2 amide bonds. The van der Waals surface area contributed by atoms with Crippen LogP contribution in [-0.2, 0) is 16.0 Å². The van der Waals surface area contributed by atoms with Crippen LogP contribution in [0.4, 0.5) is 0 Å². The maximum Gasteiger partial charge on any atom is 0.227 e. The summed E-state index contributed by atoms with van der Waals surface area (Å²) in [6, 6.07) is 7.43. The summed E-state index contributed by atoms with van der Waals surface area (Å²) in [6.07, 6.45) is 4.24. The van der Waals surface area contributed by atoms with Gasteiger partial charge in [-0.05, 0) is 31.4 Å². The molecule has 1 aliphatic heterocycles. The summed E-state index contributed by atoms with van der Waals surface area (Å²) in [5, 5.41) is 0.620. The van der Waals surface area contributed by atoms with Gasteiger partial charge in [0.2, 0.25) is 11.8 Å². The number of nitrogens with zero attached hydrogens (tertiary/aromatic N) is 2. The predicted molar refractivity (Wildman–Crippen MR) is 103 cm³/mol. The van der Waals surface area contributed by atoms with E-state index >= 15 is 0 Å². The molecule has 142 valence electrons. The molecule has 0 aromatic heterocycles. The second-order valence-electron chi connectivity index (χ2n) is 7.78. The van der Waals surface area contributed by atoms with Gasteiger partial charge in [-0.25, -0.2) is 0 Å². The lowest BCUT2D eigenvalue weighted by molar-refractivity contribution is -0.144. The van der Waals surface area contributed by atoms with Crippen molar-refractivity contribution in [3.05, 3.63) is 34.9 Å². The summed E-state index contributed by atoms with van der Waals surface area (Å²) < 4.78 is 0. The van der Waals surface area contributed by atoms with Gasteiger partial charge < -0.3 is 15.5 Å². The van der Waals surface area contributed by atoms with Crippen molar-refractivity contribution in [1.82, 2.24) is 9.80 Å². The van der Waals surface area contributed by atoms with Crippen LogP contribution in [0.1, 0.15) is 38.2 Å². The molecule has 2 unspecified atom stereocenters. The minimum Gasteiger partial charge on any atom is -0.339 e. The van der Waals surface area contributed by atoms with Crippen molar-refractivity contribution in [2.75, 3.05) is 26.2 Å². The molecular weight excluding hydrogens is 350 g/mol. The molecule has 0 radical (unpaired) electrons. The van der Waals surface area contributed by atoms with Crippen LogP contribution in [0.15, 0.2) is 24.3 Å². The van der Waals surface area contributed by atoms with Crippen LogP contribution in [0, 0.1) is 5.92 Å². The van der Waals surface area contributed by atoms with Gasteiger partial charge in [-0.2, -0.15) is 0 Å². The molecule has 1 aromatic rings. The first-order chi connectivity index (χ1) is 12.4. The molecule has 1 saturated carbocycles. The second-order valence-corrected chi connectivity index (χ2v) is 8.19. The average Bonchev–Trinajstić information content (AvgIpc) is 2.63. The van der Waals surface area contributed by atoms with E-state index in [1.807, 2.05) is 34.9 Å². The number of halogens is 1. The third-order valence-electron chi connectivity index (χ3n) is 5.80. The van der Waals surface area contributed by atoms with Crippen molar-refractivity contribution in [2.45, 2.75) is 44.6 Å². The van der Waals surface area contributed by atoms with Gasteiger partial charge in [-0.1, -0.05) is 42.6 Å². The van der Waals surface area contributed by atoms with Crippen molar-refractivity contribution in [2.24, 2.45) is 11.7 Å². The lowest BCUT2D eigenvalue weighted by Crippen LogP contribution is -2.57. The number of amides is 2. The lowest BCUT2D eigenvalue weighted by Gasteiger charge is -2.42. The standard InChI is InChI=1S/C20H28ClN3O2/c1-20(22)9-5-4-7-16(20)19(26)24-12-10-23(11-13-24)18(25)14-15-6-2-3-8-17(15)21/h2-3,6,8,16H,4-5,7,9-14,22H2,1H3. The van der Waals surface area contributed by atoms with E-state index in [1.165, 1.54) is 0 Å². The van der Waals surface area contributed by atoms with Crippen molar-refractivity contribution in [3.63, 3.8) is 0 Å². The van der Waals surface area contributed by atoms with E-state index in [4.69, 9.17) is 17.3 Å². The van der Waals surface area contributed by atoms with E-state index in [1.54, 1.807) is 6.07 Å². The fourth-order valence-electron chi connectivity index (χ4n) is 4.08. The van der Waals surface area contributed by atoms with Crippen molar-refractivity contribution in [1.29, 1.82) is 0 Å². The fourth-order valence-corrected chi connectivity index (χ4v) is 4.28. The van der Waals surface area contributed by atoms with E-state index < -0.39 is 5.54 Å². The summed E-state index contributed by atoms with van der Waals surface area (Å²) in [5.41, 5.74) is 6.82. The number of piperazine rings is 1. The number of rotatable bonds is 3. The van der Waals surface area contributed by atoms with Crippen LogP contribution < -0.4 is 5.73 Å². The zero-order valence-corrected chi connectivity index (χ0v) is 16.2. The Balaban J connectivity index is 1.54. The summed E-state index contributed by atoms with van der Waals surface area (Å²) in [7, 11) is 0. The van der Waals surface area contributed by atoms with E-state index in [9.17, 15) is 9.59 Å². The highest BCUT2D eigenvalue weighted by atomic mass is 35.5. The first-order valence-corrected chi connectivity index (χ1v) is 9.85. The molecule has 2 fully saturated rings. The van der Waals surface area contributed by atoms with Gasteiger partial charge in [-0.3, -0.25) is 9.59 Å². The molecule has 1 saturated heterocycles. The number of benzene rings is 1. The highest BCUT2D eigenvalue weighted by Gasteiger charge is 2.40. The Hall–Kier alpha value is -1.59. The van der Waals surface area contributed by atoms with Crippen LogP contribution in [-0.4, -0.2) is 53.3 Å². The van der Waals surface area contributed by atoms with Crippen molar-refractivity contribution in [3.8, 4) is 0 Å². The normalized spacial score (nSPS) is 26.7. The molecule has 6 heteroatoms. The number of hydrogen-bond acceptors (Lipinski definition) is 3. The molecule has 1 heterocycles. The Morgan fingerprint density at radius 1 is 1.15 bits per heavy atom. The maximum absolute atomic E-state index is 12.9. The Bertz CT molecular complexity index is 669. The zero-order valence-electron chi connectivity index (χ0n) is 15.4. The Labute approximate surface area is 160 Å². The number of nitrogens with two attached hydrogens (primary N) is 1. The minimum absolute atomic E-state index is 0.0616. The Kier molecular flexibility index (Phi) is 5.88. The van der Waals surface area contributed by atoms with E-state index in [0.29, 0.717) is 37.6 Å². The number of hydrogen-bond donors (Lipinski definition) is 1. The van der Waals surface area contributed by atoms with Crippen molar-refractivity contribution >= 4 is 23.4 Å². The monoisotopic (exact) mass is 377 g/mol. The first-order valence-electron chi connectivity index (χ1n) is 9.47. The van der Waals surface area contributed by atoms with Crippen LogP contribution in [0.3, 0.4) is 0 Å². The van der Waals surface area contributed by atoms with E-state index in [0.717, 1.165) is 31.2 Å². The van der Waals surface area contributed by atoms with Gasteiger partial charge in [0, 0.05) is 36.7 Å². The third kappa shape index (κ3) is 4.21. The smallest absolute Gasteiger partial charge is 0.227 e. The molecule has 2 N–H and O–H groups in total. The van der Waals surface area contributed by atoms with Crippen LogP contribution >= 0.6 is 11.6 Å². The second kappa shape index (κ2) is 7.97. The molecule has 1 aromatic carbocycles. The SMILES string of the molecule is CC1(N)CCCCC1C(=O)N1CCN(C(=O)Cc2ccccc2Cl)CC1. The van der Waals surface area contributed by atoms with Gasteiger partial charge in [0.15, 0.2) is 0 Å². The van der Waals surface area contributed by atoms with Crippen LogP contribution in [0.2, 0.25) is 5.02 Å². The molecule has 2 aliphatic rings. The van der Waals surface area contributed by atoms with E-state index in [2.05, 4.69) is 0 Å². The molecule has 26 heavy (non-hydrogen) atoms. The molecule has 3 rings (SSSR count). The van der Waals surface area contributed by atoms with Gasteiger partial charge in [0.05, 0.1) is 12.3 Å². The van der Waals surface area contributed by atoms with Gasteiger partial charge in [-0.15, -0.1) is 0 Å². The van der Waals surface area contributed by atoms with E-state index in [-0.39, 0.29) is 17.7 Å². The predicted octanol–water partition coefficient (Wildman–Crippen LogP) is 2.46. The van der Waals surface area contributed by atoms with Crippen LogP contribution in [0.25, 0.3) is 0 Å². The first kappa shape index (κ1) is 19.2. The largest absolute Gasteiger partial charge is 0.339 e. The highest BCUT2D eigenvalue weighted by Crippen LogP contribution is 2.33. The third-order valence-corrected chi connectivity index (χ3v) is 6.16.